The SMILES string of the molecule is CC#CCn1c(N2CCC[C@@H](C)C2)nc2c1c(=O)n(Cc1ncccc1C(=O)OC)c(=O)n2C. The summed E-state index contributed by atoms with van der Waals surface area (Å²) in [4.78, 5) is 50.2. The number of carbonyl (C=O) groups excluding carboxylic acids is 1. The first-order valence-corrected chi connectivity index (χ1v) is 11.2. The summed E-state index contributed by atoms with van der Waals surface area (Å²) in [7, 11) is 2.86. The normalized spacial score (nSPS) is 15.8. The van der Waals surface area contributed by atoms with E-state index < -0.39 is 17.2 Å². The van der Waals surface area contributed by atoms with Gasteiger partial charge in [-0.15, -0.1) is 5.92 Å². The number of aryl methyl sites for hydroxylation is 1. The second-order valence-corrected chi connectivity index (χ2v) is 8.51. The average molecular weight is 465 g/mol. The largest absolute Gasteiger partial charge is 0.465 e. The van der Waals surface area contributed by atoms with Gasteiger partial charge in [0.1, 0.15) is 0 Å². The Balaban J connectivity index is 1.92. The van der Waals surface area contributed by atoms with Crippen molar-refractivity contribution in [2.75, 3.05) is 25.1 Å². The highest BCUT2D eigenvalue weighted by molar-refractivity contribution is 5.90. The zero-order valence-electron chi connectivity index (χ0n) is 19.9. The van der Waals surface area contributed by atoms with Gasteiger partial charge < -0.3 is 9.64 Å². The summed E-state index contributed by atoms with van der Waals surface area (Å²) in [5, 5.41) is 0. The van der Waals surface area contributed by atoms with Crippen LogP contribution in [0.3, 0.4) is 0 Å². The minimum absolute atomic E-state index is 0.173. The maximum atomic E-state index is 13.7. The maximum Gasteiger partial charge on any atom is 0.339 e. The molecule has 0 unspecified atom stereocenters. The van der Waals surface area contributed by atoms with Gasteiger partial charge in [-0.2, -0.15) is 4.98 Å². The number of aromatic nitrogens is 5. The Morgan fingerprint density at radius 2 is 2.09 bits per heavy atom. The number of esters is 1. The predicted molar refractivity (Wildman–Crippen MR) is 128 cm³/mol. The van der Waals surface area contributed by atoms with Gasteiger partial charge in [0.25, 0.3) is 5.56 Å². The third kappa shape index (κ3) is 4.09. The lowest BCUT2D eigenvalue weighted by molar-refractivity contribution is 0.0598. The van der Waals surface area contributed by atoms with Crippen molar-refractivity contribution in [3.63, 3.8) is 0 Å². The Labute approximate surface area is 196 Å². The molecule has 1 fully saturated rings. The Morgan fingerprint density at radius 1 is 1.29 bits per heavy atom. The van der Waals surface area contributed by atoms with Gasteiger partial charge in [-0.1, -0.05) is 12.8 Å². The lowest BCUT2D eigenvalue weighted by atomic mass is 10.0. The van der Waals surface area contributed by atoms with Crippen LogP contribution in [0.15, 0.2) is 27.9 Å². The van der Waals surface area contributed by atoms with Crippen molar-refractivity contribution < 1.29 is 9.53 Å². The van der Waals surface area contributed by atoms with Gasteiger partial charge in [0.2, 0.25) is 5.95 Å². The molecule has 178 valence electrons. The molecule has 1 saturated heterocycles. The molecule has 34 heavy (non-hydrogen) atoms. The summed E-state index contributed by atoms with van der Waals surface area (Å²) < 4.78 is 9.07. The zero-order valence-corrected chi connectivity index (χ0v) is 19.9. The molecule has 1 aliphatic rings. The molecule has 0 amide bonds. The number of hydrogen-bond donors (Lipinski definition) is 0. The number of imidazole rings is 1. The van der Waals surface area contributed by atoms with Crippen molar-refractivity contribution in [2.45, 2.75) is 39.8 Å². The van der Waals surface area contributed by atoms with Crippen LogP contribution in [0.4, 0.5) is 5.95 Å². The minimum atomic E-state index is -0.584. The molecular weight excluding hydrogens is 436 g/mol. The van der Waals surface area contributed by atoms with Crippen molar-refractivity contribution in [2.24, 2.45) is 13.0 Å². The van der Waals surface area contributed by atoms with Gasteiger partial charge in [-0.3, -0.25) is 23.5 Å². The van der Waals surface area contributed by atoms with E-state index in [-0.39, 0.29) is 24.3 Å². The summed E-state index contributed by atoms with van der Waals surface area (Å²) >= 11 is 0. The number of fused-ring (bicyclic) bond motifs is 1. The standard InChI is InChI=1S/C24H28N6O4/c1-5-6-13-29-19-20(26-23(29)28-12-8-9-16(2)14-28)27(3)24(33)30(21(19)31)15-18-17(22(32)34-4)10-7-11-25-18/h7,10-11,16H,8-9,12-15H2,1-4H3/t16-/m1/s1. The lowest BCUT2D eigenvalue weighted by Crippen LogP contribution is -2.40. The maximum absolute atomic E-state index is 13.7. The summed E-state index contributed by atoms with van der Waals surface area (Å²) in [5.74, 6) is 6.47. The van der Waals surface area contributed by atoms with Crippen LogP contribution in [0.1, 0.15) is 42.7 Å². The monoisotopic (exact) mass is 464 g/mol. The van der Waals surface area contributed by atoms with E-state index in [0.717, 1.165) is 30.5 Å². The van der Waals surface area contributed by atoms with Gasteiger partial charge in [0.05, 0.1) is 31.5 Å². The molecule has 10 nitrogen and oxygen atoms in total. The number of anilines is 1. The number of piperidine rings is 1. The zero-order chi connectivity index (χ0) is 24.4. The first-order chi connectivity index (χ1) is 16.4. The molecule has 0 saturated carbocycles. The molecule has 1 atom stereocenters. The van der Waals surface area contributed by atoms with Gasteiger partial charge in [-0.05, 0) is 37.8 Å². The Hall–Kier alpha value is -3.87. The number of hydrogen-bond acceptors (Lipinski definition) is 7. The molecule has 0 spiro atoms. The van der Waals surface area contributed by atoms with E-state index >= 15 is 0 Å². The number of rotatable bonds is 5. The first-order valence-electron chi connectivity index (χ1n) is 11.2. The second kappa shape index (κ2) is 9.55. The van der Waals surface area contributed by atoms with Gasteiger partial charge in [0, 0.05) is 26.3 Å². The molecule has 3 aromatic rings. The van der Waals surface area contributed by atoms with Crippen LogP contribution in [0, 0.1) is 17.8 Å². The van der Waals surface area contributed by atoms with E-state index in [2.05, 4.69) is 28.6 Å². The van der Waals surface area contributed by atoms with Crippen molar-refractivity contribution in [3.8, 4) is 11.8 Å². The Kier molecular flexibility index (Phi) is 6.54. The van der Waals surface area contributed by atoms with E-state index in [4.69, 9.17) is 9.72 Å². The summed E-state index contributed by atoms with van der Waals surface area (Å²) in [5.41, 5.74) is 0.0510. The quantitative estimate of drug-likeness (QED) is 0.415. The number of pyridine rings is 1. The van der Waals surface area contributed by atoms with Crippen LogP contribution < -0.4 is 16.1 Å². The third-order valence-electron chi connectivity index (χ3n) is 6.17. The molecule has 0 bridgehead atoms. The van der Waals surface area contributed by atoms with Crippen LogP contribution in [0.25, 0.3) is 11.2 Å². The smallest absolute Gasteiger partial charge is 0.339 e. The summed E-state index contributed by atoms with van der Waals surface area (Å²) in [6.45, 7) is 5.68. The van der Waals surface area contributed by atoms with E-state index in [1.165, 1.54) is 17.9 Å². The first kappa shape index (κ1) is 23.3. The van der Waals surface area contributed by atoms with Crippen LogP contribution >= 0.6 is 0 Å². The second-order valence-electron chi connectivity index (χ2n) is 8.51. The predicted octanol–water partition coefficient (Wildman–Crippen LogP) is 1.39. The highest BCUT2D eigenvalue weighted by Gasteiger charge is 2.26. The minimum Gasteiger partial charge on any atom is -0.465 e. The highest BCUT2D eigenvalue weighted by atomic mass is 16.5. The number of nitrogens with zero attached hydrogens (tertiary/aromatic N) is 6. The molecule has 0 N–H and O–H groups in total. The van der Waals surface area contributed by atoms with Crippen LogP contribution in [-0.4, -0.2) is 49.8 Å². The van der Waals surface area contributed by atoms with Crippen molar-refractivity contribution in [1.82, 2.24) is 23.7 Å². The number of ether oxygens (including phenoxy) is 1. The van der Waals surface area contributed by atoms with Gasteiger partial charge >= 0.3 is 11.7 Å². The fourth-order valence-corrected chi connectivity index (χ4v) is 4.43. The number of carbonyl (C=O) groups is 1. The highest BCUT2D eigenvalue weighted by Crippen LogP contribution is 2.25. The third-order valence-corrected chi connectivity index (χ3v) is 6.17. The molecule has 1 aliphatic heterocycles. The fraction of sp³-hybridized carbons (Fsp3) is 0.458. The van der Waals surface area contributed by atoms with Crippen LogP contribution in [0.5, 0.6) is 0 Å². The average Bonchev–Trinajstić information content (AvgIpc) is 3.23. The summed E-state index contributed by atoms with van der Waals surface area (Å²) in [6.07, 6.45) is 3.68. The van der Waals surface area contributed by atoms with Crippen LogP contribution in [0.2, 0.25) is 0 Å². The van der Waals surface area contributed by atoms with E-state index in [1.54, 1.807) is 30.7 Å². The van der Waals surface area contributed by atoms with Crippen molar-refractivity contribution >= 4 is 23.1 Å². The molecule has 0 aliphatic carbocycles. The van der Waals surface area contributed by atoms with E-state index in [1.807, 2.05) is 0 Å². The Bertz CT molecular complexity index is 1420. The topological polar surface area (TPSA) is 104 Å². The Morgan fingerprint density at radius 3 is 2.79 bits per heavy atom. The van der Waals surface area contributed by atoms with E-state index in [9.17, 15) is 14.4 Å². The van der Waals surface area contributed by atoms with Crippen molar-refractivity contribution in [3.05, 3.63) is 50.4 Å². The molecule has 10 heteroatoms. The summed E-state index contributed by atoms with van der Waals surface area (Å²) in [6, 6.07) is 3.16. The molecule has 0 radical (unpaired) electrons. The van der Waals surface area contributed by atoms with Gasteiger partial charge in [-0.25, -0.2) is 9.59 Å². The van der Waals surface area contributed by atoms with Crippen molar-refractivity contribution in [1.29, 1.82) is 0 Å². The molecular formula is C24H28N6O4. The number of methoxy groups -OCH3 is 1. The van der Waals surface area contributed by atoms with Gasteiger partial charge in [0.15, 0.2) is 11.2 Å². The lowest BCUT2D eigenvalue weighted by Gasteiger charge is -2.31. The fourth-order valence-electron chi connectivity index (χ4n) is 4.43. The van der Waals surface area contributed by atoms with Crippen LogP contribution in [-0.2, 0) is 24.9 Å². The molecule has 4 rings (SSSR count). The molecule has 3 aromatic heterocycles. The molecule has 0 aromatic carbocycles. The molecule has 4 heterocycles. The van der Waals surface area contributed by atoms with E-state index in [0.29, 0.717) is 23.0 Å².